The zero-order chi connectivity index (χ0) is 20.8. The molecule has 2 aromatic heterocycles. The van der Waals surface area contributed by atoms with Crippen LogP contribution in [0.15, 0.2) is 61.1 Å². The van der Waals surface area contributed by atoms with Crippen molar-refractivity contribution < 1.29 is 9.18 Å². The molecule has 1 aliphatic heterocycles. The molecular formula is C22H23FN6O. The Bertz CT molecular complexity index is 974. The van der Waals surface area contributed by atoms with E-state index in [0.717, 1.165) is 37.3 Å². The molecule has 2 N–H and O–H groups in total. The number of hydrogen-bond acceptors (Lipinski definition) is 6. The number of rotatable bonds is 6. The van der Waals surface area contributed by atoms with Crippen molar-refractivity contribution in [2.45, 2.75) is 18.8 Å². The van der Waals surface area contributed by atoms with Gasteiger partial charge in [-0.05, 0) is 56.3 Å². The summed E-state index contributed by atoms with van der Waals surface area (Å²) in [6.07, 6.45) is 7.01. The van der Waals surface area contributed by atoms with Crippen molar-refractivity contribution in [3.8, 4) is 0 Å². The van der Waals surface area contributed by atoms with Gasteiger partial charge in [0.2, 0.25) is 11.9 Å². The fraction of sp³-hybridized carbons (Fsp3) is 0.273. The molecule has 0 spiro atoms. The van der Waals surface area contributed by atoms with Gasteiger partial charge in [0.15, 0.2) is 0 Å². The second kappa shape index (κ2) is 9.41. The zero-order valence-corrected chi connectivity index (χ0v) is 16.5. The molecule has 154 valence electrons. The van der Waals surface area contributed by atoms with Gasteiger partial charge in [0.25, 0.3) is 0 Å². The van der Waals surface area contributed by atoms with Crippen molar-refractivity contribution in [3.63, 3.8) is 0 Å². The quantitative estimate of drug-likeness (QED) is 0.651. The number of carbonyl (C=O) groups is 1. The minimum atomic E-state index is -0.424. The number of piperidine rings is 1. The Morgan fingerprint density at radius 3 is 2.50 bits per heavy atom. The van der Waals surface area contributed by atoms with Gasteiger partial charge in [-0.1, -0.05) is 12.1 Å². The molecule has 1 aliphatic rings. The Hall–Kier alpha value is -3.39. The Morgan fingerprint density at radius 1 is 1.03 bits per heavy atom. The minimum absolute atomic E-state index is 0.199. The molecule has 7 nitrogen and oxygen atoms in total. The molecule has 0 atom stereocenters. The molecule has 1 amide bonds. The van der Waals surface area contributed by atoms with Crippen molar-refractivity contribution in [1.29, 1.82) is 0 Å². The number of halogens is 1. The van der Waals surface area contributed by atoms with E-state index in [9.17, 15) is 9.18 Å². The molecule has 1 saturated heterocycles. The second-order valence-corrected chi connectivity index (χ2v) is 7.25. The van der Waals surface area contributed by atoms with Crippen molar-refractivity contribution >= 4 is 23.2 Å². The van der Waals surface area contributed by atoms with Crippen molar-refractivity contribution in [3.05, 3.63) is 72.6 Å². The number of carbonyl (C=O) groups excluding carboxylic acids is 1. The number of aromatic nitrogens is 3. The maximum Gasteiger partial charge on any atom is 0.238 e. The van der Waals surface area contributed by atoms with Crippen LogP contribution in [0.25, 0.3) is 0 Å². The van der Waals surface area contributed by atoms with Gasteiger partial charge in [-0.2, -0.15) is 0 Å². The first-order valence-electron chi connectivity index (χ1n) is 9.94. The number of hydrogen-bond donors (Lipinski definition) is 2. The second-order valence-electron chi connectivity index (χ2n) is 7.25. The Labute approximate surface area is 174 Å². The summed E-state index contributed by atoms with van der Waals surface area (Å²) in [6, 6.07) is 12.0. The van der Waals surface area contributed by atoms with E-state index in [2.05, 4.69) is 30.5 Å². The van der Waals surface area contributed by atoms with E-state index < -0.39 is 5.82 Å². The van der Waals surface area contributed by atoms with Crippen LogP contribution in [-0.2, 0) is 4.79 Å². The standard InChI is InChI=1S/C22H23FN6O/c23-18-4-1-2-5-20(18)28-21(30)15-29-12-8-16(9-13-29)19-7-6-17(14-26-19)27-22-24-10-3-11-25-22/h1-7,10-11,14,16H,8-9,12-13,15H2,(H,28,30)(H,24,25,27). The fourth-order valence-corrected chi connectivity index (χ4v) is 3.56. The minimum Gasteiger partial charge on any atom is -0.323 e. The van der Waals surface area contributed by atoms with Crippen molar-refractivity contribution in [1.82, 2.24) is 19.9 Å². The number of anilines is 3. The van der Waals surface area contributed by atoms with E-state index >= 15 is 0 Å². The number of nitrogens with zero attached hydrogens (tertiary/aromatic N) is 4. The Balaban J connectivity index is 1.26. The SMILES string of the molecule is O=C(CN1CCC(c2ccc(Nc3ncccn3)cn2)CC1)Nc1ccccc1F. The summed E-state index contributed by atoms with van der Waals surface area (Å²) in [4.78, 5) is 27.2. The molecule has 3 aromatic rings. The van der Waals surface area contributed by atoms with Gasteiger partial charge in [0, 0.05) is 24.0 Å². The van der Waals surface area contributed by atoms with Crippen molar-refractivity contribution in [2.75, 3.05) is 30.3 Å². The summed E-state index contributed by atoms with van der Waals surface area (Å²) in [6.45, 7) is 1.86. The third-order valence-corrected chi connectivity index (χ3v) is 5.13. The lowest BCUT2D eigenvalue weighted by molar-refractivity contribution is -0.117. The molecule has 1 aromatic carbocycles. The van der Waals surface area contributed by atoms with Gasteiger partial charge < -0.3 is 10.6 Å². The summed E-state index contributed by atoms with van der Waals surface area (Å²) in [5, 5.41) is 5.76. The Morgan fingerprint density at radius 2 is 1.80 bits per heavy atom. The number of pyridine rings is 1. The van der Waals surface area contributed by atoms with Crippen LogP contribution in [-0.4, -0.2) is 45.4 Å². The van der Waals surface area contributed by atoms with Gasteiger partial charge >= 0.3 is 0 Å². The van der Waals surface area contributed by atoms with Gasteiger partial charge in [-0.3, -0.25) is 14.7 Å². The number of benzene rings is 1. The lowest BCUT2D eigenvalue weighted by Gasteiger charge is -2.31. The monoisotopic (exact) mass is 406 g/mol. The van der Waals surface area contributed by atoms with Crippen LogP contribution < -0.4 is 10.6 Å². The van der Waals surface area contributed by atoms with Crippen LogP contribution >= 0.6 is 0 Å². The molecule has 0 radical (unpaired) electrons. The first kappa shape index (κ1) is 19.9. The highest BCUT2D eigenvalue weighted by Crippen LogP contribution is 2.27. The summed E-state index contributed by atoms with van der Waals surface area (Å²) < 4.78 is 13.7. The molecule has 0 unspecified atom stereocenters. The topological polar surface area (TPSA) is 83.0 Å². The average Bonchev–Trinajstić information content (AvgIpc) is 2.77. The maximum absolute atomic E-state index is 13.7. The molecule has 0 saturated carbocycles. The number of nitrogens with one attached hydrogen (secondary N) is 2. The third-order valence-electron chi connectivity index (χ3n) is 5.13. The van der Waals surface area contributed by atoms with E-state index in [1.54, 1.807) is 42.9 Å². The predicted molar refractivity (Wildman–Crippen MR) is 113 cm³/mol. The number of para-hydroxylation sites is 1. The molecule has 8 heteroatoms. The highest BCUT2D eigenvalue weighted by molar-refractivity contribution is 5.92. The summed E-state index contributed by atoms with van der Waals surface area (Å²) in [5.41, 5.74) is 2.10. The van der Waals surface area contributed by atoms with E-state index in [1.807, 2.05) is 12.1 Å². The fourth-order valence-electron chi connectivity index (χ4n) is 3.56. The first-order chi connectivity index (χ1) is 14.7. The molecule has 1 fully saturated rings. The predicted octanol–water partition coefficient (Wildman–Crippen LogP) is 3.57. The van der Waals surface area contributed by atoms with E-state index in [-0.39, 0.29) is 18.1 Å². The van der Waals surface area contributed by atoms with Crippen LogP contribution in [0.5, 0.6) is 0 Å². The van der Waals surface area contributed by atoms with Gasteiger partial charge in [0.1, 0.15) is 5.82 Å². The van der Waals surface area contributed by atoms with Crippen LogP contribution in [0.3, 0.4) is 0 Å². The molecule has 30 heavy (non-hydrogen) atoms. The van der Waals surface area contributed by atoms with Crippen LogP contribution in [0.2, 0.25) is 0 Å². The lowest BCUT2D eigenvalue weighted by Crippen LogP contribution is -2.39. The number of likely N-dealkylation sites (tertiary alicyclic amines) is 1. The number of amides is 1. The lowest BCUT2D eigenvalue weighted by atomic mass is 9.93. The van der Waals surface area contributed by atoms with Crippen LogP contribution in [0.4, 0.5) is 21.7 Å². The van der Waals surface area contributed by atoms with Gasteiger partial charge in [-0.25, -0.2) is 14.4 Å². The van der Waals surface area contributed by atoms with Gasteiger partial charge in [0.05, 0.1) is 24.1 Å². The first-order valence-corrected chi connectivity index (χ1v) is 9.94. The highest BCUT2D eigenvalue weighted by Gasteiger charge is 2.23. The summed E-state index contributed by atoms with van der Waals surface area (Å²) in [7, 11) is 0. The van der Waals surface area contributed by atoms with Crippen LogP contribution in [0, 0.1) is 5.82 Å². The average molecular weight is 406 g/mol. The molecule has 4 rings (SSSR count). The largest absolute Gasteiger partial charge is 0.323 e. The molecule has 0 aliphatic carbocycles. The van der Waals surface area contributed by atoms with E-state index in [0.29, 0.717) is 11.9 Å². The van der Waals surface area contributed by atoms with Gasteiger partial charge in [-0.15, -0.1) is 0 Å². The molecular weight excluding hydrogens is 383 g/mol. The van der Waals surface area contributed by atoms with E-state index in [1.165, 1.54) is 6.07 Å². The Kier molecular flexibility index (Phi) is 6.24. The summed E-state index contributed by atoms with van der Waals surface area (Å²) >= 11 is 0. The van der Waals surface area contributed by atoms with Crippen LogP contribution in [0.1, 0.15) is 24.5 Å². The molecule has 3 heterocycles. The van der Waals surface area contributed by atoms with E-state index in [4.69, 9.17) is 0 Å². The smallest absolute Gasteiger partial charge is 0.238 e. The normalized spacial score (nSPS) is 15.0. The zero-order valence-electron chi connectivity index (χ0n) is 16.5. The maximum atomic E-state index is 13.7. The molecule has 0 bridgehead atoms. The summed E-state index contributed by atoms with van der Waals surface area (Å²) in [5.74, 6) is 0.273. The third kappa shape index (κ3) is 5.15. The van der Waals surface area contributed by atoms with Crippen molar-refractivity contribution in [2.24, 2.45) is 0 Å². The highest BCUT2D eigenvalue weighted by atomic mass is 19.1.